The molecule has 0 saturated heterocycles. The van der Waals surface area contributed by atoms with E-state index in [2.05, 4.69) is 11.9 Å². The molecule has 0 aliphatic rings. The number of carbonyl (C=O) groups excluding carboxylic acids is 1. The van der Waals surface area contributed by atoms with E-state index in [1.807, 2.05) is 30.3 Å². The van der Waals surface area contributed by atoms with Crippen LogP contribution in [0.2, 0.25) is 0 Å². The molecule has 0 aromatic heterocycles. The van der Waals surface area contributed by atoms with Crippen molar-refractivity contribution >= 4 is 23.3 Å². The summed E-state index contributed by atoms with van der Waals surface area (Å²) in [4.78, 5) is 23.6. The van der Waals surface area contributed by atoms with Crippen LogP contribution >= 0.6 is 0 Å². The summed E-state index contributed by atoms with van der Waals surface area (Å²) in [6.07, 6.45) is -0.657. The van der Waals surface area contributed by atoms with E-state index in [0.717, 1.165) is 5.56 Å². The van der Waals surface area contributed by atoms with Crippen LogP contribution in [0.25, 0.3) is 16.7 Å². The summed E-state index contributed by atoms with van der Waals surface area (Å²) in [5.74, 6) is -1.16. The lowest BCUT2D eigenvalue weighted by molar-refractivity contribution is -0.130. The van der Waals surface area contributed by atoms with Crippen LogP contribution < -0.4 is 5.32 Å². The smallest absolute Gasteiger partial charge is 0.412 e. The molecule has 0 atom stereocenters. The first-order valence-electron chi connectivity index (χ1n) is 7.80. The van der Waals surface area contributed by atoms with Crippen LogP contribution in [0.3, 0.4) is 0 Å². The number of benzene rings is 2. The van der Waals surface area contributed by atoms with Crippen LogP contribution in [0.4, 0.5) is 10.5 Å². The molecule has 0 aliphatic heterocycles. The van der Waals surface area contributed by atoms with Crippen molar-refractivity contribution in [3.05, 3.63) is 60.7 Å². The van der Waals surface area contributed by atoms with E-state index in [1.165, 1.54) is 0 Å². The topological polar surface area (TPSA) is 75.6 Å². The highest BCUT2D eigenvalue weighted by atomic mass is 16.6. The van der Waals surface area contributed by atoms with Gasteiger partial charge in [-0.05, 0) is 26.3 Å². The zero-order chi connectivity index (χ0) is 18.6. The van der Waals surface area contributed by atoms with Crippen molar-refractivity contribution in [3.63, 3.8) is 0 Å². The van der Waals surface area contributed by atoms with E-state index in [0.29, 0.717) is 16.8 Å². The highest BCUT2D eigenvalue weighted by molar-refractivity contribution is 6.17. The van der Waals surface area contributed by atoms with Gasteiger partial charge in [-0.3, -0.25) is 5.32 Å². The van der Waals surface area contributed by atoms with Crippen LogP contribution in [0.15, 0.2) is 55.1 Å². The van der Waals surface area contributed by atoms with Crippen molar-refractivity contribution in [2.24, 2.45) is 0 Å². The van der Waals surface area contributed by atoms with E-state index in [1.54, 1.807) is 39.0 Å². The summed E-state index contributed by atoms with van der Waals surface area (Å²) in [5.41, 5.74) is 1.44. The first-order valence-corrected chi connectivity index (χ1v) is 7.80. The second-order valence-corrected chi connectivity index (χ2v) is 6.50. The van der Waals surface area contributed by atoms with Crippen LogP contribution in [0, 0.1) is 0 Å². The molecule has 0 aliphatic carbocycles. The molecule has 5 heteroatoms. The van der Waals surface area contributed by atoms with Crippen LogP contribution in [-0.4, -0.2) is 22.8 Å². The molecule has 0 heterocycles. The van der Waals surface area contributed by atoms with Gasteiger partial charge < -0.3 is 9.84 Å². The minimum atomic E-state index is -1.16. The minimum absolute atomic E-state index is 0.108. The van der Waals surface area contributed by atoms with E-state index < -0.39 is 17.7 Å². The maximum Gasteiger partial charge on any atom is 0.412 e. The van der Waals surface area contributed by atoms with Gasteiger partial charge in [0.15, 0.2) is 0 Å². The molecular formula is C20H21NO4. The van der Waals surface area contributed by atoms with Gasteiger partial charge in [0.05, 0.1) is 11.3 Å². The Balaban J connectivity index is 2.54. The molecule has 5 nitrogen and oxygen atoms in total. The molecule has 0 bridgehead atoms. The highest BCUT2D eigenvalue weighted by Gasteiger charge is 2.21. The van der Waals surface area contributed by atoms with Gasteiger partial charge in [-0.25, -0.2) is 9.59 Å². The number of carboxylic acid groups (broad SMARTS) is 1. The number of carboxylic acids is 1. The van der Waals surface area contributed by atoms with Crippen LogP contribution in [-0.2, 0) is 9.53 Å². The number of para-hydroxylation sites is 1. The molecular weight excluding hydrogens is 318 g/mol. The molecule has 0 saturated carbocycles. The Bertz CT molecular complexity index is 804. The lowest BCUT2D eigenvalue weighted by Gasteiger charge is -2.22. The average molecular weight is 339 g/mol. The quantitative estimate of drug-likeness (QED) is 0.785. The number of anilines is 1. The largest absolute Gasteiger partial charge is 0.478 e. The summed E-state index contributed by atoms with van der Waals surface area (Å²) in [6.45, 7) is 8.88. The molecule has 0 spiro atoms. The SMILES string of the molecule is C=C(C(=O)O)c1cccc(-c2ccccc2)c1NC(=O)OC(C)(C)C. The van der Waals surface area contributed by atoms with Crippen molar-refractivity contribution in [3.8, 4) is 11.1 Å². The molecule has 1 amide bonds. The minimum Gasteiger partial charge on any atom is -0.478 e. The molecule has 0 radical (unpaired) electrons. The van der Waals surface area contributed by atoms with Gasteiger partial charge in [-0.1, -0.05) is 55.1 Å². The Morgan fingerprint density at radius 2 is 1.68 bits per heavy atom. The third-order valence-corrected chi connectivity index (χ3v) is 3.36. The van der Waals surface area contributed by atoms with Crippen molar-refractivity contribution in [2.45, 2.75) is 26.4 Å². The standard InChI is InChI=1S/C20H21NO4/c1-13(18(22)23)15-11-8-12-16(14-9-6-5-7-10-14)17(15)21-19(24)25-20(2,3)4/h5-12H,1H2,2-4H3,(H,21,24)(H,22,23). The van der Waals surface area contributed by atoms with Gasteiger partial charge in [0.2, 0.25) is 0 Å². The summed E-state index contributed by atoms with van der Waals surface area (Å²) >= 11 is 0. The third kappa shape index (κ3) is 4.70. The molecule has 2 rings (SSSR count). The zero-order valence-corrected chi connectivity index (χ0v) is 14.5. The van der Waals surface area contributed by atoms with E-state index in [9.17, 15) is 14.7 Å². The van der Waals surface area contributed by atoms with Gasteiger partial charge in [0.25, 0.3) is 0 Å². The maximum atomic E-state index is 12.2. The van der Waals surface area contributed by atoms with Gasteiger partial charge in [0, 0.05) is 11.1 Å². The Kier molecular flexibility index (Phi) is 5.27. The fourth-order valence-corrected chi connectivity index (χ4v) is 2.32. The number of amides is 1. The fourth-order valence-electron chi connectivity index (χ4n) is 2.32. The van der Waals surface area contributed by atoms with Crippen molar-refractivity contribution in [1.29, 1.82) is 0 Å². The summed E-state index contributed by atoms with van der Waals surface area (Å²) in [5, 5.41) is 12.0. The molecule has 2 aromatic rings. The van der Waals surface area contributed by atoms with E-state index in [-0.39, 0.29) is 5.57 Å². The normalized spacial score (nSPS) is 10.8. The van der Waals surface area contributed by atoms with Gasteiger partial charge >= 0.3 is 12.1 Å². The lowest BCUT2D eigenvalue weighted by Crippen LogP contribution is -2.27. The van der Waals surface area contributed by atoms with Crippen LogP contribution in [0.5, 0.6) is 0 Å². The predicted octanol–water partition coefficient (Wildman–Crippen LogP) is 4.80. The number of rotatable bonds is 4. The third-order valence-electron chi connectivity index (χ3n) is 3.36. The Labute approximate surface area is 146 Å². The summed E-state index contributed by atoms with van der Waals surface area (Å²) < 4.78 is 5.30. The Morgan fingerprint density at radius 1 is 1.04 bits per heavy atom. The van der Waals surface area contributed by atoms with Crippen LogP contribution in [0.1, 0.15) is 26.3 Å². The molecule has 0 unspecified atom stereocenters. The highest BCUT2D eigenvalue weighted by Crippen LogP contribution is 2.34. The second kappa shape index (κ2) is 7.21. The van der Waals surface area contributed by atoms with E-state index >= 15 is 0 Å². The molecule has 2 N–H and O–H groups in total. The first-order chi connectivity index (χ1) is 11.7. The molecule has 0 fully saturated rings. The first kappa shape index (κ1) is 18.3. The fraction of sp³-hybridized carbons (Fsp3) is 0.200. The maximum absolute atomic E-state index is 12.2. The number of carbonyl (C=O) groups is 2. The predicted molar refractivity (Wildman–Crippen MR) is 98.4 cm³/mol. The number of ether oxygens (including phenoxy) is 1. The molecule has 2 aromatic carbocycles. The van der Waals surface area contributed by atoms with Crippen molar-refractivity contribution in [2.75, 3.05) is 5.32 Å². The summed E-state index contributed by atoms with van der Waals surface area (Å²) in [6, 6.07) is 14.5. The number of aliphatic carboxylic acids is 1. The lowest BCUT2D eigenvalue weighted by atomic mass is 9.96. The number of nitrogens with one attached hydrogen (secondary N) is 1. The van der Waals surface area contributed by atoms with Gasteiger partial charge in [-0.15, -0.1) is 0 Å². The number of hydrogen-bond donors (Lipinski definition) is 2. The van der Waals surface area contributed by atoms with Crippen molar-refractivity contribution in [1.82, 2.24) is 0 Å². The number of hydrogen-bond acceptors (Lipinski definition) is 3. The summed E-state index contributed by atoms with van der Waals surface area (Å²) in [7, 11) is 0. The van der Waals surface area contributed by atoms with Gasteiger partial charge in [0.1, 0.15) is 5.60 Å². The average Bonchev–Trinajstić information content (AvgIpc) is 2.53. The molecule has 25 heavy (non-hydrogen) atoms. The molecule has 130 valence electrons. The second-order valence-electron chi connectivity index (χ2n) is 6.50. The Hall–Kier alpha value is -3.08. The zero-order valence-electron chi connectivity index (χ0n) is 14.5. The van der Waals surface area contributed by atoms with Gasteiger partial charge in [-0.2, -0.15) is 0 Å². The van der Waals surface area contributed by atoms with Crippen molar-refractivity contribution < 1.29 is 19.4 Å². The van der Waals surface area contributed by atoms with E-state index in [4.69, 9.17) is 4.74 Å². The monoisotopic (exact) mass is 339 g/mol. The Morgan fingerprint density at radius 3 is 2.24 bits per heavy atom.